The van der Waals surface area contributed by atoms with Crippen LogP contribution in [0.5, 0.6) is 0 Å². The molecule has 2 nitrogen and oxygen atoms in total. The molecule has 0 aliphatic carbocycles. The summed E-state index contributed by atoms with van der Waals surface area (Å²) in [6, 6.07) is 6.41. The molecule has 13 heavy (non-hydrogen) atoms. The Morgan fingerprint density at radius 3 is 2.85 bits per heavy atom. The van der Waals surface area contributed by atoms with Gasteiger partial charge in [-0.3, -0.25) is 0 Å². The van der Waals surface area contributed by atoms with Crippen molar-refractivity contribution in [2.45, 2.75) is 11.3 Å². The molecule has 0 heterocycles. The minimum Gasteiger partial charge on any atom is -0.399 e. The summed E-state index contributed by atoms with van der Waals surface area (Å²) in [5.41, 5.74) is 5.86. The van der Waals surface area contributed by atoms with Crippen LogP contribution in [0, 0.1) is 17.1 Å². The predicted octanol–water partition coefficient (Wildman–Crippen LogP) is 2.41. The molecule has 0 fully saturated rings. The molecule has 0 saturated carbocycles. The maximum absolute atomic E-state index is 12.8. The summed E-state index contributed by atoms with van der Waals surface area (Å²) in [7, 11) is 0. The number of rotatable bonds is 3. The topological polar surface area (TPSA) is 49.8 Å². The summed E-state index contributed by atoms with van der Waals surface area (Å²) in [6.45, 7) is 0. The number of nitrogen functional groups attached to an aromatic ring is 1. The van der Waals surface area contributed by atoms with Gasteiger partial charge in [-0.1, -0.05) is 0 Å². The van der Waals surface area contributed by atoms with Crippen molar-refractivity contribution in [1.82, 2.24) is 0 Å². The molecular formula is C9H9FN2S. The highest BCUT2D eigenvalue weighted by atomic mass is 32.2. The lowest BCUT2D eigenvalue weighted by molar-refractivity contribution is 0.625. The van der Waals surface area contributed by atoms with E-state index in [2.05, 4.69) is 0 Å². The molecule has 1 aromatic rings. The van der Waals surface area contributed by atoms with Crippen molar-refractivity contribution < 1.29 is 4.39 Å². The minimum absolute atomic E-state index is 0.334. The van der Waals surface area contributed by atoms with Gasteiger partial charge in [-0.05, 0) is 18.2 Å². The molecule has 1 aromatic carbocycles. The van der Waals surface area contributed by atoms with Crippen molar-refractivity contribution in [1.29, 1.82) is 5.26 Å². The summed E-state index contributed by atoms with van der Waals surface area (Å²) in [5.74, 6) is 0.332. The van der Waals surface area contributed by atoms with Gasteiger partial charge < -0.3 is 5.73 Å². The van der Waals surface area contributed by atoms with Crippen LogP contribution in [-0.4, -0.2) is 5.75 Å². The first-order valence-corrected chi connectivity index (χ1v) is 4.77. The van der Waals surface area contributed by atoms with Crippen LogP contribution in [0.3, 0.4) is 0 Å². The highest BCUT2D eigenvalue weighted by Gasteiger charge is 1.98. The van der Waals surface area contributed by atoms with Crippen LogP contribution in [0.4, 0.5) is 10.1 Å². The van der Waals surface area contributed by atoms with E-state index >= 15 is 0 Å². The first-order chi connectivity index (χ1) is 6.22. The lowest BCUT2D eigenvalue weighted by Gasteiger charge is -2.00. The van der Waals surface area contributed by atoms with E-state index in [1.807, 2.05) is 6.07 Å². The zero-order valence-electron chi connectivity index (χ0n) is 6.96. The van der Waals surface area contributed by atoms with Crippen LogP contribution in [0.15, 0.2) is 23.1 Å². The van der Waals surface area contributed by atoms with E-state index in [0.717, 1.165) is 4.90 Å². The molecule has 2 N–H and O–H groups in total. The van der Waals surface area contributed by atoms with Crippen molar-refractivity contribution in [3.05, 3.63) is 24.0 Å². The number of nitrogens with two attached hydrogens (primary N) is 1. The number of nitrogens with zero attached hydrogens (tertiary/aromatic N) is 1. The quantitative estimate of drug-likeness (QED) is 0.459. The normalized spacial score (nSPS) is 9.54. The largest absolute Gasteiger partial charge is 0.399 e. The van der Waals surface area contributed by atoms with Gasteiger partial charge in [-0.25, -0.2) is 4.39 Å². The molecule has 0 radical (unpaired) electrons. The van der Waals surface area contributed by atoms with Crippen molar-refractivity contribution in [3.63, 3.8) is 0 Å². The fourth-order valence-corrected chi connectivity index (χ4v) is 1.73. The van der Waals surface area contributed by atoms with E-state index in [4.69, 9.17) is 11.0 Å². The summed E-state index contributed by atoms with van der Waals surface area (Å²) in [5, 5.41) is 8.29. The first kappa shape index (κ1) is 9.87. The van der Waals surface area contributed by atoms with Gasteiger partial charge in [0.15, 0.2) is 0 Å². The number of halogens is 1. The van der Waals surface area contributed by atoms with Gasteiger partial charge in [0.1, 0.15) is 5.82 Å². The maximum atomic E-state index is 12.8. The van der Waals surface area contributed by atoms with Gasteiger partial charge in [0.2, 0.25) is 0 Å². The summed E-state index contributed by atoms with van der Waals surface area (Å²) in [4.78, 5) is 0.771. The number of hydrogen-bond acceptors (Lipinski definition) is 3. The van der Waals surface area contributed by atoms with Gasteiger partial charge in [-0.2, -0.15) is 5.26 Å². The Morgan fingerprint density at radius 2 is 2.23 bits per heavy atom. The number of nitriles is 1. The Morgan fingerprint density at radius 1 is 1.46 bits per heavy atom. The van der Waals surface area contributed by atoms with Crippen LogP contribution in [0.25, 0.3) is 0 Å². The summed E-state index contributed by atoms with van der Waals surface area (Å²) < 4.78 is 12.8. The molecule has 0 aliphatic heterocycles. The van der Waals surface area contributed by atoms with Gasteiger partial charge in [0, 0.05) is 22.8 Å². The third kappa shape index (κ3) is 3.34. The fraction of sp³-hybridized carbons (Fsp3) is 0.222. The number of thioether (sulfide) groups is 1. The second kappa shape index (κ2) is 4.73. The second-order valence-electron chi connectivity index (χ2n) is 2.48. The molecule has 0 amide bonds. The molecule has 0 aliphatic rings. The number of anilines is 1. The minimum atomic E-state index is -0.334. The Hall–Kier alpha value is -1.21. The molecular weight excluding hydrogens is 187 g/mol. The zero-order valence-corrected chi connectivity index (χ0v) is 7.77. The Labute approximate surface area is 80.5 Å². The molecule has 0 bridgehead atoms. The smallest absolute Gasteiger partial charge is 0.126 e. The molecule has 0 spiro atoms. The molecule has 4 heteroatoms. The number of hydrogen-bond donors (Lipinski definition) is 1. The lowest BCUT2D eigenvalue weighted by Crippen LogP contribution is -1.87. The van der Waals surface area contributed by atoms with E-state index < -0.39 is 0 Å². The molecule has 0 unspecified atom stereocenters. The van der Waals surface area contributed by atoms with E-state index in [-0.39, 0.29) is 5.82 Å². The number of benzene rings is 1. The predicted molar refractivity (Wildman–Crippen MR) is 51.8 cm³/mol. The molecule has 68 valence electrons. The second-order valence-corrected chi connectivity index (χ2v) is 3.65. The highest BCUT2D eigenvalue weighted by molar-refractivity contribution is 7.99. The van der Waals surface area contributed by atoms with Crippen molar-refractivity contribution >= 4 is 17.4 Å². The van der Waals surface area contributed by atoms with Crippen molar-refractivity contribution in [2.75, 3.05) is 11.5 Å². The third-order valence-corrected chi connectivity index (χ3v) is 2.35. The standard InChI is InChI=1S/C9H9FN2S/c10-7-4-8(12)6-9(5-7)13-3-1-2-11/h4-6H,1,3,12H2. The van der Waals surface area contributed by atoms with E-state index in [0.29, 0.717) is 17.9 Å². The maximum Gasteiger partial charge on any atom is 0.126 e. The van der Waals surface area contributed by atoms with Crippen LogP contribution < -0.4 is 5.73 Å². The average Bonchev–Trinajstić information content (AvgIpc) is 2.03. The monoisotopic (exact) mass is 196 g/mol. The average molecular weight is 196 g/mol. The van der Waals surface area contributed by atoms with Crippen molar-refractivity contribution in [2.24, 2.45) is 0 Å². The van der Waals surface area contributed by atoms with Gasteiger partial charge in [0.05, 0.1) is 6.07 Å². The molecule has 0 saturated heterocycles. The fourth-order valence-electron chi connectivity index (χ4n) is 0.882. The van der Waals surface area contributed by atoms with Crippen LogP contribution in [-0.2, 0) is 0 Å². The Bertz CT molecular complexity index is 313. The summed E-state index contributed by atoms with van der Waals surface area (Å²) >= 11 is 1.43. The van der Waals surface area contributed by atoms with Crippen LogP contribution in [0.2, 0.25) is 0 Å². The van der Waals surface area contributed by atoms with E-state index in [9.17, 15) is 4.39 Å². The molecule has 0 aromatic heterocycles. The SMILES string of the molecule is N#CCCSc1cc(N)cc(F)c1. The third-order valence-electron chi connectivity index (χ3n) is 1.38. The lowest BCUT2D eigenvalue weighted by atomic mass is 10.3. The Kier molecular flexibility index (Phi) is 3.59. The van der Waals surface area contributed by atoms with Gasteiger partial charge >= 0.3 is 0 Å². The van der Waals surface area contributed by atoms with Gasteiger partial charge in [-0.15, -0.1) is 11.8 Å². The Balaban J connectivity index is 2.62. The van der Waals surface area contributed by atoms with Crippen molar-refractivity contribution in [3.8, 4) is 6.07 Å². The van der Waals surface area contributed by atoms with Crippen LogP contribution in [0.1, 0.15) is 6.42 Å². The zero-order chi connectivity index (χ0) is 9.68. The van der Waals surface area contributed by atoms with E-state index in [1.165, 1.54) is 23.9 Å². The van der Waals surface area contributed by atoms with E-state index in [1.54, 1.807) is 6.07 Å². The van der Waals surface area contributed by atoms with Gasteiger partial charge in [0.25, 0.3) is 0 Å². The molecule has 1 rings (SSSR count). The summed E-state index contributed by atoms with van der Waals surface area (Å²) in [6.07, 6.45) is 0.459. The molecule has 0 atom stereocenters. The van der Waals surface area contributed by atoms with Crippen LogP contribution >= 0.6 is 11.8 Å². The highest BCUT2D eigenvalue weighted by Crippen LogP contribution is 2.22. The first-order valence-electron chi connectivity index (χ1n) is 3.78.